The summed E-state index contributed by atoms with van der Waals surface area (Å²) in [6, 6.07) is 7.90. The quantitative estimate of drug-likeness (QED) is 0.708. The minimum absolute atomic E-state index is 0.00780. The van der Waals surface area contributed by atoms with Gasteiger partial charge in [-0.3, -0.25) is 4.90 Å². The van der Waals surface area contributed by atoms with Crippen molar-refractivity contribution < 1.29 is 14.3 Å². The first-order valence-electron chi connectivity index (χ1n) is 9.63. The van der Waals surface area contributed by atoms with Crippen LogP contribution in [0.4, 0.5) is 4.79 Å². The Kier molecular flexibility index (Phi) is 5.00. The molecule has 2 saturated heterocycles. The molecule has 0 aliphatic carbocycles. The lowest BCUT2D eigenvalue weighted by atomic mass is 9.85. The summed E-state index contributed by atoms with van der Waals surface area (Å²) >= 11 is 3.46. The average molecular weight is 448 g/mol. The highest BCUT2D eigenvalue weighted by molar-refractivity contribution is 9.10. The van der Waals surface area contributed by atoms with Gasteiger partial charge < -0.3 is 14.5 Å². The molecule has 6 nitrogen and oxygen atoms in total. The molecule has 1 spiro atoms. The van der Waals surface area contributed by atoms with Crippen molar-refractivity contribution >= 4 is 22.0 Å². The zero-order valence-corrected chi connectivity index (χ0v) is 18.1. The number of rotatable bonds is 2. The van der Waals surface area contributed by atoms with Crippen LogP contribution in [0.5, 0.6) is 0 Å². The van der Waals surface area contributed by atoms with E-state index in [1.54, 1.807) is 0 Å². The van der Waals surface area contributed by atoms with Crippen LogP contribution in [-0.2, 0) is 9.47 Å². The molecule has 4 rings (SSSR count). The lowest BCUT2D eigenvalue weighted by Crippen LogP contribution is -2.38. The molecule has 7 heteroatoms. The zero-order chi connectivity index (χ0) is 19.9. The highest BCUT2D eigenvalue weighted by Crippen LogP contribution is 2.47. The van der Waals surface area contributed by atoms with Gasteiger partial charge in [0, 0.05) is 34.8 Å². The molecular weight excluding hydrogens is 422 g/mol. The third kappa shape index (κ3) is 3.96. The van der Waals surface area contributed by atoms with Crippen LogP contribution in [0.2, 0.25) is 0 Å². The molecule has 2 aliphatic rings. The number of amides is 1. The molecule has 1 aromatic heterocycles. The summed E-state index contributed by atoms with van der Waals surface area (Å²) in [6.07, 6.45) is 3.41. The molecule has 2 aromatic rings. The van der Waals surface area contributed by atoms with Gasteiger partial charge in [0.25, 0.3) is 0 Å². The van der Waals surface area contributed by atoms with Crippen molar-refractivity contribution in [1.29, 1.82) is 0 Å². The van der Waals surface area contributed by atoms with Crippen molar-refractivity contribution in [1.82, 2.24) is 14.9 Å². The standard InChI is InChI=1S/C21H26BrN3O3/c1-20(2,3)28-19(26)25-12-21(8-9-27-13-21)10-17(25)18-23-11-16(24-18)14-4-6-15(22)7-5-14/h4-7,11,17H,8-10,12-13H2,1-3H3,(H,23,24)/t17-,21-/m0/s1. The summed E-state index contributed by atoms with van der Waals surface area (Å²) in [5.74, 6) is 0.799. The maximum Gasteiger partial charge on any atom is 0.410 e. The number of aromatic amines is 1. The Morgan fingerprint density at radius 1 is 1.36 bits per heavy atom. The fourth-order valence-corrected chi connectivity index (χ4v) is 4.29. The molecule has 3 heterocycles. The molecule has 0 unspecified atom stereocenters. The number of carbonyl (C=O) groups excluding carboxylic acids is 1. The first-order chi connectivity index (χ1) is 13.2. The largest absolute Gasteiger partial charge is 0.444 e. The minimum atomic E-state index is -0.532. The average Bonchev–Trinajstić information content (AvgIpc) is 3.35. The molecule has 2 fully saturated rings. The van der Waals surface area contributed by atoms with E-state index in [4.69, 9.17) is 14.5 Å². The van der Waals surface area contributed by atoms with Crippen LogP contribution in [0.25, 0.3) is 11.3 Å². The summed E-state index contributed by atoms with van der Waals surface area (Å²) in [6.45, 7) is 7.75. The number of nitrogens with one attached hydrogen (secondary N) is 1. The molecule has 1 aromatic carbocycles. The number of imidazole rings is 1. The zero-order valence-electron chi connectivity index (χ0n) is 16.5. The monoisotopic (exact) mass is 447 g/mol. The van der Waals surface area contributed by atoms with E-state index in [1.165, 1.54) is 0 Å². The van der Waals surface area contributed by atoms with Crippen molar-refractivity contribution in [3.05, 3.63) is 40.8 Å². The first-order valence-corrected chi connectivity index (χ1v) is 10.4. The Balaban J connectivity index is 1.61. The van der Waals surface area contributed by atoms with Crippen LogP contribution in [0.15, 0.2) is 34.9 Å². The summed E-state index contributed by atoms with van der Waals surface area (Å²) in [5, 5.41) is 0. The summed E-state index contributed by atoms with van der Waals surface area (Å²) in [5.41, 5.74) is 1.36. The minimum Gasteiger partial charge on any atom is -0.444 e. The number of H-pyrrole nitrogens is 1. The SMILES string of the molecule is CC(C)(C)OC(=O)N1C[C@]2(CCOC2)C[C@H]1c1nc(-c2ccc(Br)cc2)c[nH]1. The number of likely N-dealkylation sites (tertiary alicyclic amines) is 1. The number of hydrogen-bond acceptors (Lipinski definition) is 4. The maximum atomic E-state index is 12.9. The second kappa shape index (κ2) is 7.19. The first kappa shape index (κ1) is 19.5. The number of halogens is 1. The number of ether oxygens (including phenoxy) is 2. The van der Waals surface area contributed by atoms with Crippen LogP contribution < -0.4 is 0 Å². The van der Waals surface area contributed by atoms with Crippen LogP contribution in [0, 0.1) is 5.41 Å². The molecule has 150 valence electrons. The number of nitrogens with zero attached hydrogens (tertiary/aromatic N) is 2. The van der Waals surface area contributed by atoms with E-state index in [2.05, 4.69) is 20.9 Å². The van der Waals surface area contributed by atoms with Crippen molar-refractivity contribution in [2.75, 3.05) is 19.8 Å². The Bertz CT molecular complexity index is 851. The number of aromatic nitrogens is 2. The second-order valence-electron chi connectivity index (χ2n) is 8.81. The Labute approximate surface area is 173 Å². The van der Waals surface area contributed by atoms with Gasteiger partial charge in [-0.05, 0) is 45.7 Å². The fraction of sp³-hybridized carbons (Fsp3) is 0.524. The molecular formula is C21H26BrN3O3. The van der Waals surface area contributed by atoms with Gasteiger partial charge in [0.2, 0.25) is 0 Å². The molecule has 0 saturated carbocycles. The third-order valence-electron chi connectivity index (χ3n) is 5.37. The van der Waals surface area contributed by atoms with E-state index in [0.29, 0.717) is 13.2 Å². The maximum absolute atomic E-state index is 12.9. The van der Waals surface area contributed by atoms with Gasteiger partial charge in [-0.2, -0.15) is 0 Å². The summed E-state index contributed by atoms with van der Waals surface area (Å²) < 4.78 is 12.4. The van der Waals surface area contributed by atoms with Gasteiger partial charge in [0.15, 0.2) is 0 Å². The van der Waals surface area contributed by atoms with E-state index in [0.717, 1.165) is 41.0 Å². The topological polar surface area (TPSA) is 67.4 Å². The van der Waals surface area contributed by atoms with Gasteiger partial charge >= 0.3 is 6.09 Å². The Morgan fingerprint density at radius 3 is 2.75 bits per heavy atom. The Morgan fingerprint density at radius 2 is 2.11 bits per heavy atom. The van der Waals surface area contributed by atoms with E-state index in [1.807, 2.05) is 56.1 Å². The van der Waals surface area contributed by atoms with Crippen molar-refractivity contribution in [2.24, 2.45) is 5.41 Å². The fourth-order valence-electron chi connectivity index (χ4n) is 4.02. The van der Waals surface area contributed by atoms with Crippen molar-refractivity contribution in [3.63, 3.8) is 0 Å². The molecule has 2 aliphatic heterocycles. The van der Waals surface area contributed by atoms with Gasteiger partial charge in [0.1, 0.15) is 11.4 Å². The van der Waals surface area contributed by atoms with E-state index in [9.17, 15) is 4.79 Å². The molecule has 0 radical (unpaired) electrons. The molecule has 28 heavy (non-hydrogen) atoms. The Hall–Kier alpha value is -1.86. The molecule has 2 atom stereocenters. The highest BCUT2D eigenvalue weighted by atomic mass is 79.9. The predicted molar refractivity (Wildman–Crippen MR) is 110 cm³/mol. The summed E-state index contributed by atoms with van der Waals surface area (Å²) in [4.78, 5) is 22.9. The number of hydrogen-bond donors (Lipinski definition) is 1. The van der Waals surface area contributed by atoms with Gasteiger partial charge in [-0.1, -0.05) is 28.1 Å². The van der Waals surface area contributed by atoms with Gasteiger partial charge in [-0.15, -0.1) is 0 Å². The lowest BCUT2D eigenvalue weighted by molar-refractivity contribution is 0.0201. The number of carbonyl (C=O) groups is 1. The molecule has 0 bridgehead atoms. The van der Waals surface area contributed by atoms with Crippen LogP contribution in [0.1, 0.15) is 45.5 Å². The highest BCUT2D eigenvalue weighted by Gasteiger charge is 2.50. The van der Waals surface area contributed by atoms with E-state index < -0.39 is 5.60 Å². The van der Waals surface area contributed by atoms with Crippen LogP contribution in [-0.4, -0.2) is 46.3 Å². The molecule has 1 amide bonds. The van der Waals surface area contributed by atoms with Crippen LogP contribution >= 0.6 is 15.9 Å². The normalized spacial score (nSPS) is 24.9. The third-order valence-corrected chi connectivity index (χ3v) is 5.90. The van der Waals surface area contributed by atoms with E-state index in [-0.39, 0.29) is 17.6 Å². The van der Waals surface area contributed by atoms with Gasteiger partial charge in [-0.25, -0.2) is 9.78 Å². The lowest BCUT2D eigenvalue weighted by Gasteiger charge is -2.28. The van der Waals surface area contributed by atoms with Crippen LogP contribution in [0.3, 0.4) is 0 Å². The predicted octanol–water partition coefficient (Wildman–Crippen LogP) is 4.93. The van der Waals surface area contributed by atoms with Crippen molar-refractivity contribution in [2.45, 2.75) is 45.3 Å². The van der Waals surface area contributed by atoms with E-state index >= 15 is 0 Å². The van der Waals surface area contributed by atoms with Crippen molar-refractivity contribution in [3.8, 4) is 11.3 Å². The second-order valence-corrected chi connectivity index (χ2v) is 9.72. The summed E-state index contributed by atoms with van der Waals surface area (Å²) in [7, 11) is 0. The molecule has 1 N–H and O–H groups in total. The number of benzene rings is 1. The smallest absolute Gasteiger partial charge is 0.410 e. The van der Waals surface area contributed by atoms with Gasteiger partial charge in [0.05, 0.1) is 18.3 Å².